The fourth-order valence-corrected chi connectivity index (χ4v) is 6.06. The van der Waals surface area contributed by atoms with E-state index in [-0.39, 0.29) is 30.4 Å². The van der Waals surface area contributed by atoms with E-state index in [1.54, 1.807) is 0 Å². The van der Waals surface area contributed by atoms with Gasteiger partial charge in [-0.3, -0.25) is 9.59 Å². The minimum absolute atomic E-state index is 0.0146. The Bertz CT molecular complexity index is 1650. The standard InChI is InChI=1S/C35H37N5O4/c41-33-24-44-32-12-6-5-11-31(32)40(33)22-21-39-19-15-26(16-20-39)29-9-3-4-10-30(29)34(42)36-17-18-37-35(43)38-28-14-13-25-7-1-2-8-27(25)23-28/h1-14,23,26H,15-22,24H2,(H,36,42)(H2,37,38,43). The molecule has 226 valence electrons. The molecule has 1 fully saturated rings. The van der Waals surface area contributed by atoms with Crippen LogP contribution in [0.25, 0.3) is 10.8 Å². The van der Waals surface area contributed by atoms with Crippen molar-refractivity contribution < 1.29 is 19.1 Å². The number of anilines is 2. The molecule has 4 aromatic carbocycles. The van der Waals surface area contributed by atoms with Crippen LogP contribution in [0.4, 0.5) is 16.2 Å². The number of ether oxygens (including phenoxy) is 1. The number of para-hydroxylation sites is 2. The molecular formula is C35H37N5O4. The fraction of sp³-hybridized carbons (Fsp3) is 0.286. The quantitative estimate of drug-likeness (QED) is 0.238. The number of piperidine rings is 1. The first-order valence-corrected chi connectivity index (χ1v) is 15.2. The maximum Gasteiger partial charge on any atom is 0.319 e. The maximum atomic E-state index is 13.1. The molecule has 3 N–H and O–H groups in total. The Labute approximate surface area is 257 Å². The number of carbonyl (C=O) groups is 3. The predicted octanol–water partition coefficient (Wildman–Crippen LogP) is 5.00. The highest BCUT2D eigenvalue weighted by Gasteiger charge is 2.28. The first-order valence-electron chi connectivity index (χ1n) is 15.2. The van der Waals surface area contributed by atoms with Crippen LogP contribution in [-0.2, 0) is 4.79 Å². The highest BCUT2D eigenvalue weighted by molar-refractivity contribution is 5.98. The molecule has 0 unspecified atom stereocenters. The van der Waals surface area contributed by atoms with Crippen molar-refractivity contribution in [2.45, 2.75) is 18.8 Å². The summed E-state index contributed by atoms with van der Waals surface area (Å²) < 4.78 is 5.57. The van der Waals surface area contributed by atoms with Gasteiger partial charge in [-0.25, -0.2) is 4.79 Å². The van der Waals surface area contributed by atoms with Gasteiger partial charge in [0.25, 0.3) is 11.8 Å². The Morgan fingerprint density at radius 1 is 0.795 bits per heavy atom. The van der Waals surface area contributed by atoms with Crippen molar-refractivity contribution in [3.63, 3.8) is 0 Å². The lowest BCUT2D eigenvalue weighted by Crippen LogP contribution is -2.45. The number of benzene rings is 4. The van der Waals surface area contributed by atoms with Gasteiger partial charge in [-0.05, 0) is 78.5 Å². The lowest BCUT2D eigenvalue weighted by molar-refractivity contribution is -0.121. The number of urea groups is 1. The molecule has 0 aliphatic carbocycles. The molecule has 1 saturated heterocycles. The number of hydrogen-bond acceptors (Lipinski definition) is 5. The van der Waals surface area contributed by atoms with Gasteiger partial charge < -0.3 is 30.5 Å². The van der Waals surface area contributed by atoms with Crippen LogP contribution in [0.2, 0.25) is 0 Å². The van der Waals surface area contributed by atoms with E-state index >= 15 is 0 Å². The molecule has 0 bridgehead atoms. The maximum absolute atomic E-state index is 13.1. The minimum atomic E-state index is -0.316. The van der Waals surface area contributed by atoms with Crippen LogP contribution in [0, 0.1) is 0 Å². The Morgan fingerprint density at radius 2 is 1.52 bits per heavy atom. The Balaban J connectivity index is 0.956. The van der Waals surface area contributed by atoms with Gasteiger partial charge in [0, 0.05) is 37.4 Å². The summed E-state index contributed by atoms with van der Waals surface area (Å²) in [6.07, 6.45) is 1.88. The van der Waals surface area contributed by atoms with E-state index < -0.39 is 0 Å². The van der Waals surface area contributed by atoms with E-state index in [9.17, 15) is 14.4 Å². The molecular weight excluding hydrogens is 554 g/mol. The normalized spacial score (nSPS) is 15.4. The number of likely N-dealkylation sites (tertiary alicyclic amines) is 1. The summed E-state index contributed by atoms with van der Waals surface area (Å²) in [7, 11) is 0. The van der Waals surface area contributed by atoms with E-state index in [1.165, 1.54) is 0 Å². The van der Waals surface area contributed by atoms with Crippen molar-refractivity contribution in [1.82, 2.24) is 15.5 Å². The highest BCUT2D eigenvalue weighted by Crippen LogP contribution is 2.33. The Hall–Kier alpha value is -4.89. The van der Waals surface area contributed by atoms with Gasteiger partial charge in [-0.1, -0.05) is 60.7 Å². The van der Waals surface area contributed by atoms with Crippen LogP contribution in [-0.4, -0.2) is 68.6 Å². The molecule has 0 saturated carbocycles. The van der Waals surface area contributed by atoms with Crippen LogP contribution >= 0.6 is 0 Å². The predicted molar refractivity (Wildman–Crippen MR) is 172 cm³/mol. The van der Waals surface area contributed by atoms with E-state index in [2.05, 4.69) is 20.9 Å². The lowest BCUT2D eigenvalue weighted by Gasteiger charge is -2.35. The van der Waals surface area contributed by atoms with Crippen molar-refractivity contribution in [3.8, 4) is 5.75 Å². The second kappa shape index (κ2) is 13.6. The van der Waals surface area contributed by atoms with Gasteiger partial charge in [0.2, 0.25) is 0 Å². The molecule has 9 nitrogen and oxygen atoms in total. The van der Waals surface area contributed by atoms with Crippen molar-refractivity contribution >= 4 is 40.0 Å². The summed E-state index contributed by atoms with van der Waals surface area (Å²) >= 11 is 0. The molecule has 0 spiro atoms. The first-order chi connectivity index (χ1) is 21.5. The molecule has 6 rings (SSSR count). The van der Waals surface area contributed by atoms with Gasteiger partial charge in [0.05, 0.1) is 5.69 Å². The van der Waals surface area contributed by atoms with E-state index in [4.69, 9.17) is 4.74 Å². The number of carbonyl (C=O) groups excluding carboxylic acids is 3. The SMILES string of the molecule is O=C(NCCNC(=O)c1ccccc1C1CCN(CCN2C(=O)COc3ccccc32)CC1)Nc1ccc2ccccc2c1. The summed E-state index contributed by atoms with van der Waals surface area (Å²) in [5, 5.41) is 10.8. The van der Waals surface area contributed by atoms with Crippen molar-refractivity contribution in [2.24, 2.45) is 0 Å². The zero-order valence-corrected chi connectivity index (χ0v) is 24.6. The Kier molecular flexibility index (Phi) is 9.03. The van der Waals surface area contributed by atoms with Crippen molar-refractivity contribution in [3.05, 3.63) is 102 Å². The molecule has 2 aliphatic heterocycles. The smallest absolute Gasteiger partial charge is 0.319 e. The third kappa shape index (κ3) is 6.84. The molecule has 4 aromatic rings. The number of fused-ring (bicyclic) bond motifs is 2. The zero-order chi connectivity index (χ0) is 30.3. The molecule has 0 atom stereocenters. The summed E-state index contributed by atoms with van der Waals surface area (Å²) in [6, 6.07) is 28.9. The number of amides is 4. The molecule has 2 aliphatic rings. The summed E-state index contributed by atoms with van der Waals surface area (Å²) in [4.78, 5) is 42.3. The van der Waals surface area contributed by atoms with E-state index in [0.29, 0.717) is 30.9 Å². The number of rotatable bonds is 9. The minimum Gasteiger partial charge on any atom is -0.482 e. The van der Waals surface area contributed by atoms with Crippen LogP contribution < -0.4 is 25.6 Å². The van der Waals surface area contributed by atoms with Crippen LogP contribution in [0.15, 0.2) is 91.0 Å². The summed E-state index contributed by atoms with van der Waals surface area (Å²) in [5.74, 6) is 0.883. The average molecular weight is 592 g/mol. The second-order valence-electron chi connectivity index (χ2n) is 11.2. The van der Waals surface area contributed by atoms with Crippen LogP contribution in [0.1, 0.15) is 34.7 Å². The third-order valence-corrected chi connectivity index (χ3v) is 8.38. The topological polar surface area (TPSA) is 103 Å². The van der Waals surface area contributed by atoms with Crippen molar-refractivity contribution in [2.75, 3.05) is 56.1 Å². The second-order valence-corrected chi connectivity index (χ2v) is 11.2. The molecule has 0 aromatic heterocycles. The first kappa shape index (κ1) is 29.2. The number of nitrogens with zero attached hydrogens (tertiary/aromatic N) is 2. The van der Waals surface area contributed by atoms with Gasteiger partial charge >= 0.3 is 6.03 Å². The molecule has 0 radical (unpaired) electrons. The highest BCUT2D eigenvalue weighted by atomic mass is 16.5. The fourth-order valence-electron chi connectivity index (χ4n) is 6.06. The molecule has 4 amide bonds. The lowest BCUT2D eigenvalue weighted by atomic mass is 9.86. The van der Waals surface area contributed by atoms with E-state index in [0.717, 1.165) is 60.2 Å². The number of hydrogen-bond donors (Lipinski definition) is 3. The zero-order valence-electron chi connectivity index (χ0n) is 24.6. The van der Waals surface area contributed by atoms with Gasteiger partial charge in [0.1, 0.15) is 5.75 Å². The molecule has 44 heavy (non-hydrogen) atoms. The van der Waals surface area contributed by atoms with Crippen LogP contribution in [0.3, 0.4) is 0 Å². The monoisotopic (exact) mass is 591 g/mol. The molecule has 9 heteroatoms. The molecule has 2 heterocycles. The van der Waals surface area contributed by atoms with Gasteiger partial charge in [-0.2, -0.15) is 0 Å². The van der Waals surface area contributed by atoms with Gasteiger partial charge in [0.15, 0.2) is 6.61 Å². The van der Waals surface area contributed by atoms with E-state index in [1.807, 2.05) is 95.9 Å². The van der Waals surface area contributed by atoms with Gasteiger partial charge in [-0.15, -0.1) is 0 Å². The summed E-state index contributed by atoms with van der Waals surface area (Å²) in [6.45, 7) is 3.91. The average Bonchev–Trinajstić information content (AvgIpc) is 3.06. The van der Waals surface area contributed by atoms with Crippen LogP contribution in [0.5, 0.6) is 5.75 Å². The van der Waals surface area contributed by atoms with Crippen molar-refractivity contribution in [1.29, 1.82) is 0 Å². The third-order valence-electron chi connectivity index (χ3n) is 8.38. The largest absolute Gasteiger partial charge is 0.482 e. The number of nitrogens with one attached hydrogen (secondary N) is 3. The Morgan fingerprint density at radius 3 is 2.39 bits per heavy atom. The summed E-state index contributed by atoms with van der Waals surface area (Å²) in [5.41, 5.74) is 3.29.